The lowest BCUT2D eigenvalue weighted by Crippen LogP contribution is -2.18. The van der Waals surface area contributed by atoms with Crippen molar-refractivity contribution >= 4 is 68.6 Å². The summed E-state index contributed by atoms with van der Waals surface area (Å²) < 4.78 is 5.64. The maximum atomic E-state index is 6.48. The smallest absolute Gasteiger partial charge is 0.0920 e. The summed E-state index contributed by atoms with van der Waals surface area (Å²) in [4.78, 5) is 0. The lowest BCUT2D eigenvalue weighted by Gasteiger charge is -2.30. The molecule has 1 saturated heterocycles. The molecule has 0 bridgehead atoms. The van der Waals surface area contributed by atoms with Crippen molar-refractivity contribution < 1.29 is 4.74 Å². The minimum atomic E-state index is 0.0845. The van der Waals surface area contributed by atoms with E-state index in [4.69, 9.17) is 51.1 Å². The molecule has 2 aliphatic heterocycles. The van der Waals surface area contributed by atoms with Gasteiger partial charge in [-0.25, -0.2) is 0 Å². The lowest BCUT2D eigenvalue weighted by atomic mass is 9.82. The molecule has 0 spiro atoms. The van der Waals surface area contributed by atoms with Crippen molar-refractivity contribution in [3.05, 3.63) is 67.6 Å². The molecule has 0 amide bonds. The molecule has 1 fully saturated rings. The van der Waals surface area contributed by atoms with Crippen molar-refractivity contribution in [1.29, 1.82) is 0 Å². The van der Waals surface area contributed by atoms with E-state index in [2.05, 4.69) is 17.4 Å². The first-order valence-electron chi connectivity index (χ1n) is 7.82. The fourth-order valence-corrected chi connectivity index (χ4v) is 4.54. The van der Waals surface area contributed by atoms with Crippen molar-refractivity contribution in [2.24, 2.45) is 0 Å². The summed E-state index contributed by atoms with van der Waals surface area (Å²) in [5, 5.41) is 7.79. The predicted molar refractivity (Wildman–Crippen MR) is 105 cm³/mol. The van der Waals surface area contributed by atoms with E-state index in [0.717, 1.165) is 39.9 Å². The van der Waals surface area contributed by atoms with Gasteiger partial charge in [0.25, 0.3) is 0 Å². The van der Waals surface area contributed by atoms with E-state index < -0.39 is 0 Å². The Morgan fingerprint density at radius 3 is 2.36 bits per heavy atom. The number of hydrogen-bond acceptors (Lipinski definition) is 2. The van der Waals surface area contributed by atoms with Crippen LogP contribution in [0.15, 0.2) is 36.4 Å². The van der Waals surface area contributed by atoms with E-state index >= 15 is 0 Å². The molecule has 1 N–H and O–H groups in total. The summed E-state index contributed by atoms with van der Waals surface area (Å²) in [6.45, 7) is 0.729. The quantitative estimate of drug-likeness (QED) is 0.435. The van der Waals surface area contributed by atoms with Crippen LogP contribution in [0.1, 0.15) is 17.0 Å². The summed E-state index contributed by atoms with van der Waals surface area (Å²) in [7, 11) is 0. The summed E-state index contributed by atoms with van der Waals surface area (Å²) in [6, 6.07) is 11.7. The molecule has 3 aromatic carbocycles. The first-order chi connectivity index (χ1) is 12.0. The van der Waals surface area contributed by atoms with Crippen LogP contribution >= 0.6 is 46.4 Å². The molecule has 25 heavy (non-hydrogen) atoms. The van der Waals surface area contributed by atoms with Crippen LogP contribution in [0.2, 0.25) is 20.1 Å². The fourth-order valence-electron chi connectivity index (χ4n) is 3.65. The van der Waals surface area contributed by atoms with Gasteiger partial charge in [0, 0.05) is 16.3 Å². The van der Waals surface area contributed by atoms with Crippen molar-refractivity contribution in [3.8, 4) is 0 Å². The second-order valence-corrected chi connectivity index (χ2v) is 8.00. The Kier molecular flexibility index (Phi) is 3.64. The first kappa shape index (κ1) is 16.0. The third kappa shape index (κ3) is 2.51. The molecule has 0 aliphatic carbocycles. The average molecular weight is 411 g/mol. The molecule has 2 aliphatic rings. The van der Waals surface area contributed by atoms with Crippen LogP contribution in [-0.2, 0) is 4.74 Å². The maximum Gasteiger partial charge on any atom is 0.0920 e. The molecule has 0 radical (unpaired) electrons. The van der Waals surface area contributed by atoms with Gasteiger partial charge in [0.15, 0.2) is 0 Å². The van der Waals surface area contributed by atoms with Crippen LogP contribution in [-0.4, -0.2) is 12.7 Å². The highest BCUT2D eigenvalue weighted by molar-refractivity contribution is 6.43. The highest BCUT2D eigenvalue weighted by atomic mass is 35.5. The summed E-state index contributed by atoms with van der Waals surface area (Å²) in [6.07, 6.45) is 0.134. The second-order valence-electron chi connectivity index (χ2n) is 6.34. The number of hydrogen-bond donors (Lipinski definition) is 1. The maximum absolute atomic E-state index is 6.48. The van der Waals surface area contributed by atoms with Gasteiger partial charge < -0.3 is 10.1 Å². The molecule has 2 unspecified atom stereocenters. The van der Waals surface area contributed by atoms with E-state index in [1.807, 2.05) is 18.2 Å². The zero-order valence-electron chi connectivity index (χ0n) is 12.7. The van der Waals surface area contributed by atoms with Gasteiger partial charge in [-0.2, -0.15) is 0 Å². The monoisotopic (exact) mass is 409 g/mol. The van der Waals surface area contributed by atoms with Crippen LogP contribution in [0.5, 0.6) is 0 Å². The van der Waals surface area contributed by atoms with Gasteiger partial charge in [0.2, 0.25) is 0 Å². The minimum absolute atomic E-state index is 0.0845. The molecule has 2 heterocycles. The highest BCUT2D eigenvalue weighted by Crippen LogP contribution is 2.51. The summed E-state index contributed by atoms with van der Waals surface area (Å²) >= 11 is 25.2. The number of anilines is 2. The van der Waals surface area contributed by atoms with Gasteiger partial charge in [-0.3, -0.25) is 0 Å². The third-order valence-electron chi connectivity index (χ3n) is 4.83. The van der Waals surface area contributed by atoms with Gasteiger partial charge in [0.1, 0.15) is 0 Å². The molecule has 0 saturated carbocycles. The zero-order chi connectivity index (χ0) is 17.3. The van der Waals surface area contributed by atoms with Gasteiger partial charge >= 0.3 is 0 Å². The molecule has 2 nitrogen and oxygen atoms in total. The molecular weight excluding hydrogens is 400 g/mol. The Morgan fingerprint density at radius 1 is 0.840 bits per heavy atom. The van der Waals surface area contributed by atoms with E-state index in [-0.39, 0.29) is 12.0 Å². The number of rotatable bonds is 1. The molecule has 2 atom stereocenters. The SMILES string of the molecule is Clc1cc(Cl)c2c(c1)C(C1CO1)c1ccc3cc(Cl)c(Cl)cc3c1N2. The van der Waals surface area contributed by atoms with Crippen LogP contribution in [0.4, 0.5) is 11.4 Å². The van der Waals surface area contributed by atoms with E-state index in [9.17, 15) is 0 Å². The number of benzene rings is 3. The molecule has 6 heteroatoms. The summed E-state index contributed by atoms with van der Waals surface area (Å²) in [5.41, 5.74) is 4.08. The topological polar surface area (TPSA) is 24.6 Å². The van der Waals surface area contributed by atoms with Crippen LogP contribution in [0.25, 0.3) is 10.8 Å². The third-order valence-corrected chi connectivity index (χ3v) is 6.07. The Hall–Kier alpha value is -1.16. The minimum Gasteiger partial charge on any atom is -0.372 e. The normalized spacial score (nSPS) is 20.8. The zero-order valence-corrected chi connectivity index (χ0v) is 15.8. The van der Waals surface area contributed by atoms with E-state index in [1.54, 1.807) is 6.07 Å². The second kappa shape index (κ2) is 5.67. The number of ether oxygens (including phenoxy) is 1. The van der Waals surface area contributed by atoms with Gasteiger partial charge in [-0.15, -0.1) is 0 Å². The highest BCUT2D eigenvalue weighted by Gasteiger charge is 2.40. The summed E-state index contributed by atoms with van der Waals surface area (Å²) in [5.74, 6) is 0.0845. The molecule has 126 valence electrons. The van der Waals surface area contributed by atoms with Gasteiger partial charge in [-0.1, -0.05) is 58.5 Å². The van der Waals surface area contributed by atoms with Crippen LogP contribution in [0.3, 0.4) is 0 Å². The molecular formula is C19H11Cl4NO. The van der Waals surface area contributed by atoms with E-state index in [1.165, 1.54) is 0 Å². The first-order valence-corrected chi connectivity index (χ1v) is 9.33. The van der Waals surface area contributed by atoms with Crippen molar-refractivity contribution in [2.75, 3.05) is 11.9 Å². The van der Waals surface area contributed by atoms with Crippen LogP contribution in [0, 0.1) is 0 Å². The Labute approximate surface area is 164 Å². The van der Waals surface area contributed by atoms with Crippen molar-refractivity contribution in [1.82, 2.24) is 0 Å². The van der Waals surface area contributed by atoms with Crippen LogP contribution < -0.4 is 5.32 Å². The average Bonchev–Trinajstić information content (AvgIpc) is 3.39. The van der Waals surface area contributed by atoms with Crippen molar-refractivity contribution in [3.63, 3.8) is 0 Å². The fraction of sp³-hybridized carbons (Fsp3) is 0.158. The molecule has 0 aromatic heterocycles. The van der Waals surface area contributed by atoms with Gasteiger partial charge in [0.05, 0.1) is 39.2 Å². The standard InChI is InChI=1S/C19H11Cl4NO/c20-9-4-12-17(16-7-25-16)10-2-1-8-3-13(21)14(22)6-11(8)18(10)24-19(12)15(23)5-9/h1-6,16-17,24H,7H2. The predicted octanol–water partition coefficient (Wildman–Crippen LogP) is 7.04. The largest absolute Gasteiger partial charge is 0.372 e. The number of fused-ring (bicyclic) bond motifs is 4. The molecule has 5 rings (SSSR count). The molecule has 3 aromatic rings. The Morgan fingerprint density at radius 2 is 1.60 bits per heavy atom. The Bertz CT molecular complexity index is 1050. The van der Waals surface area contributed by atoms with E-state index in [0.29, 0.717) is 20.1 Å². The van der Waals surface area contributed by atoms with Gasteiger partial charge in [-0.05, 0) is 40.8 Å². The number of halogens is 4. The lowest BCUT2D eigenvalue weighted by molar-refractivity contribution is 0.389. The Balaban J connectivity index is 1.82. The van der Waals surface area contributed by atoms with Crippen molar-refractivity contribution in [2.45, 2.75) is 12.0 Å². The number of epoxide rings is 1. The number of nitrogens with one attached hydrogen (secondary N) is 1.